The molecule has 1 aromatic rings. The van der Waals surface area contributed by atoms with Crippen LogP contribution in [0.2, 0.25) is 0 Å². The van der Waals surface area contributed by atoms with Crippen molar-refractivity contribution in [3.05, 3.63) is 48.0 Å². The maximum atomic E-state index is 12.6. The molecule has 0 amide bonds. The molecule has 1 heterocycles. The highest BCUT2D eigenvalue weighted by Gasteiger charge is 2.54. The van der Waals surface area contributed by atoms with Crippen LogP contribution in [0.15, 0.2) is 42.5 Å². The summed E-state index contributed by atoms with van der Waals surface area (Å²) in [7, 11) is 0. The van der Waals surface area contributed by atoms with Crippen molar-refractivity contribution in [2.75, 3.05) is 6.54 Å². The van der Waals surface area contributed by atoms with Gasteiger partial charge in [-0.05, 0) is 55.9 Å². The highest BCUT2D eigenvalue weighted by molar-refractivity contribution is 5.75. The Labute approximate surface area is 157 Å². The van der Waals surface area contributed by atoms with E-state index in [-0.39, 0.29) is 29.4 Å². The van der Waals surface area contributed by atoms with Gasteiger partial charge in [0.2, 0.25) is 0 Å². The van der Waals surface area contributed by atoms with E-state index < -0.39 is 0 Å². The van der Waals surface area contributed by atoms with Crippen LogP contribution >= 0.6 is 0 Å². The molecule has 1 aromatic carbocycles. The third-order valence-corrected chi connectivity index (χ3v) is 7.26. The molecule has 3 aliphatic rings. The summed E-state index contributed by atoms with van der Waals surface area (Å²) in [6.45, 7) is 9.62. The fourth-order valence-corrected chi connectivity index (χ4v) is 5.65. The molecule has 1 aliphatic heterocycles. The largest absolute Gasteiger partial charge is 0.462 e. The van der Waals surface area contributed by atoms with Gasteiger partial charge in [0.1, 0.15) is 6.10 Å². The molecule has 2 aliphatic carbocycles. The average molecular weight is 354 g/mol. The van der Waals surface area contributed by atoms with Crippen molar-refractivity contribution in [1.82, 2.24) is 5.32 Å². The van der Waals surface area contributed by atoms with Crippen molar-refractivity contribution in [3.63, 3.8) is 0 Å². The van der Waals surface area contributed by atoms with Gasteiger partial charge in [-0.3, -0.25) is 4.79 Å². The third kappa shape index (κ3) is 3.11. The monoisotopic (exact) mass is 353 g/mol. The molecule has 4 rings (SSSR count). The van der Waals surface area contributed by atoms with Gasteiger partial charge in [-0.25, -0.2) is 0 Å². The molecule has 1 N–H and O–H groups in total. The molecular weight excluding hydrogens is 322 g/mol. The van der Waals surface area contributed by atoms with Gasteiger partial charge in [-0.2, -0.15) is 0 Å². The number of ether oxygens (including phenoxy) is 1. The van der Waals surface area contributed by atoms with Gasteiger partial charge in [0.15, 0.2) is 0 Å². The Hall–Kier alpha value is -1.61. The zero-order valence-electron chi connectivity index (χ0n) is 16.0. The van der Waals surface area contributed by atoms with Crippen LogP contribution in [0.5, 0.6) is 0 Å². The number of allylic oxidation sites excluding steroid dienone is 1. The minimum atomic E-state index is -0.0227. The van der Waals surface area contributed by atoms with Gasteiger partial charge in [0.05, 0.1) is 5.92 Å². The summed E-state index contributed by atoms with van der Waals surface area (Å²) in [6.07, 6.45) is 5.81. The maximum Gasteiger partial charge on any atom is 0.310 e. The van der Waals surface area contributed by atoms with Crippen LogP contribution in [0.4, 0.5) is 0 Å². The molecule has 1 saturated heterocycles. The minimum Gasteiger partial charge on any atom is -0.462 e. The van der Waals surface area contributed by atoms with Gasteiger partial charge >= 0.3 is 5.97 Å². The van der Waals surface area contributed by atoms with Crippen LogP contribution in [0.1, 0.15) is 57.6 Å². The molecule has 140 valence electrons. The first-order valence-corrected chi connectivity index (χ1v) is 10.1. The molecule has 3 nitrogen and oxygen atoms in total. The van der Waals surface area contributed by atoms with E-state index in [0.717, 1.165) is 19.3 Å². The second-order valence-corrected chi connectivity index (χ2v) is 8.94. The van der Waals surface area contributed by atoms with E-state index in [1.165, 1.54) is 24.0 Å². The predicted octanol–water partition coefficient (Wildman–Crippen LogP) is 4.65. The van der Waals surface area contributed by atoms with E-state index in [1.807, 2.05) is 6.07 Å². The van der Waals surface area contributed by atoms with E-state index >= 15 is 0 Å². The smallest absolute Gasteiger partial charge is 0.310 e. The predicted molar refractivity (Wildman–Crippen MR) is 104 cm³/mol. The Bertz CT molecular complexity index is 685. The van der Waals surface area contributed by atoms with Crippen molar-refractivity contribution in [1.29, 1.82) is 0 Å². The summed E-state index contributed by atoms with van der Waals surface area (Å²) in [5, 5.41) is 3.57. The molecule has 2 saturated carbocycles. The first-order chi connectivity index (χ1) is 12.5. The maximum absolute atomic E-state index is 12.6. The summed E-state index contributed by atoms with van der Waals surface area (Å²) >= 11 is 0. The van der Waals surface area contributed by atoms with E-state index in [1.54, 1.807) is 0 Å². The third-order valence-electron chi connectivity index (χ3n) is 7.26. The zero-order chi connectivity index (χ0) is 18.3. The SMILES string of the molecule is C=C1CCC[C@]2(C)C[C@H]3OC(=O)[C@H](CN[C@@H](C)c4ccccc4)[C@@H]3C[C@@H]12. The molecule has 0 unspecified atom stereocenters. The lowest BCUT2D eigenvalue weighted by Gasteiger charge is -2.50. The van der Waals surface area contributed by atoms with Crippen LogP contribution in [0, 0.1) is 23.2 Å². The van der Waals surface area contributed by atoms with E-state index in [4.69, 9.17) is 4.74 Å². The number of hydrogen-bond donors (Lipinski definition) is 1. The standard InChI is InChI=1S/C23H31NO2/c1-15-8-7-11-23(3)13-21-18(12-20(15)23)19(22(25)26-21)14-24-16(2)17-9-5-4-6-10-17/h4-6,9-10,16,18-21,24H,1,7-8,11-14H2,2-3H3/t16-,18-,19+,20-,21+,23+/m0/s1. The Morgan fingerprint density at radius 1 is 1.35 bits per heavy atom. The van der Waals surface area contributed by atoms with E-state index in [9.17, 15) is 4.79 Å². The van der Waals surface area contributed by atoms with Gasteiger partial charge in [0, 0.05) is 18.5 Å². The summed E-state index contributed by atoms with van der Waals surface area (Å²) < 4.78 is 5.86. The van der Waals surface area contributed by atoms with Crippen molar-refractivity contribution in [3.8, 4) is 0 Å². The lowest BCUT2D eigenvalue weighted by Crippen LogP contribution is -2.45. The molecule has 0 aromatic heterocycles. The average Bonchev–Trinajstić information content (AvgIpc) is 2.92. The Balaban J connectivity index is 1.45. The van der Waals surface area contributed by atoms with Crippen LogP contribution in [-0.2, 0) is 9.53 Å². The number of hydrogen-bond acceptors (Lipinski definition) is 3. The van der Waals surface area contributed by atoms with Gasteiger partial charge in [0.25, 0.3) is 0 Å². The number of benzene rings is 1. The highest BCUT2D eigenvalue weighted by atomic mass is 16.6. The topological polar surface area (TPSA) is 38.3 Å². The summed E-state index contributed by atoms with van der Waals surface area (Å²) in [6, 6.07) is 10.7. The molecule has 0 spiro atoms. The Kier molecular flexibility index (Phi) is 4.68. The van der Waals surface area contributed by atoms with Crippen LogP contribution in [-0.4, -0.2) is 18.6 Å². The van der Waals surface area contributed by atoms with E-state index in [2.05, 4.69) is 50.0 Å². The molecule has 0 bridgehead atoms. The molecule has 3 fully saturated rings. The Morgan fingerprint density at radius 3 is 2.88 bits per heavy atom. The quantitative estimate of drug-likeness (QED) is 0.632. The minimum absolute atomic E-state index is 0.000575. The number of carbonyl (C=O) groups is 1. The Morgan fingerprint density at radius 2 is 2.12 bits per heavy atom. The first kappa shape index (κ1) is 17.8. The van der Waals surface area contributed by atoms with Crippen LogP contribution in [0.3, 0.4) is 0 Å². The highest BCUT2D eigenvalue weighted by Crippen LogP contribution is 2.56. The summed E-state index contributed by atoms with van der Waals surface area (Å²) in [4.78, 5) is 12.6. The first-order valence-electron chi connectivity index (χ1n) is 10.1. The summed E-state index contributed by atoms with van der Waals surface area (Å²) in [5.74, 6) is 0.873. The van der Waals surface area contributed by atoms with Gasteiger partial charge < -0.3 is 10.1 Å². The van der Waals surface area contributed by atoms with Crippen molar-refractivity contribution in [2.24, 2.45) is 23.2 Å². The molecule has 0 radical (unpaired) electrons. The second-order valence-electron chi connectivity index (χ2n) is 8.94. The fraction of sp³-hybridized carbons (Fsp3) is 0.609. The van der Waals surface area contributed by atoms with Crippen molar-refractivity contribution in [2.45, 2.75) is 58.1 Å². The lowest BCUT2D eigenvalue weighted by atomic mass is 9.55. The van der Waals surface area contributed by atoms with Crippen LogP contribution in [0.25, 0.3) is 0 Å². The fourth-order valence-electron chi connectivity index (χ4n) is 5.65. The number of esters is 1. The summed E-state index contributed by atoms with van der Waals surface area (Å²) in [5.41, 5.74) is 2.93. The number of carbonyl (C=O) groups excluding carboxylic acids is 1. The second kappa shape index (κ2) is 6.84. The van der Waals surface area contributed by atoms with Crippen molar-refractivity contribution < 1.29 is 9.53 Å². The van der Waals surface area contributed by atoms with E-state index in [0.29, 0.717) is 18.4 Å². The number of rotatable bonds is 4. The molecule has 26 heavy (non-hydrogen) atoms. The number of fused-ring (bicyclic) bond motifs is 2. The molecule has 3 heteroatoms. The molecular formula is C23H31NO2. The van der Waals surface area contributed by atoms with Crippen LogP contribution < -0.4 is 5.32 Å². The normalized spacial score (nSPS) is 37.6. The van der Waals surface area contributed by atoms with Gasteiger partial charge in [-0.1, -0.05) is 49.4 Å². The number of nitrogens with one attached hydrogen (secondary N) is 1. The lowest BCUT2D eigenvalue weighted by molar-refractivity contribution is -0.146. The molecule has 6 atom stereocenters. The van der Waals surface area contributed by atoms with Crippen molar-refractivity contribution >= 4 is 5.97 Å². The zero-order valence-corrected chi connectivity index (χ0v) is 16.0. The van der Waals surface area contributed by atoms with Gasteiger partial charge in [-0.15, -0.1) is 0 Å².